The number of hydrogen-bond donors (Lipinski definition) is 1. The van der Waals surface area contributed by atoms with E-state index in [2.05, 4.69) is 59.0 Å². The molecule has 4 rings (SSSR count). The van der Waals surface area contributed by atoms with Crippen LogP contribution in [0, 0.1) is 4.77 Å². The molecule has 0 spiro atoms. The SMILES string of the molecule is S=c1n(C[NH+](Cc2ccccc2)Cc2ccccc2)nnn1-c1ccccc1. The molecular formula is C22H22N5S+. The average Bonchev–Trinajstić information content (AvgIpc) is 3.10. The fourth-order valence-electron chi connectivity index (χ4n) is 3.26. The zero-order valence-electron chi connectivity index (χ0n) is 15.5. The highest BCUT2D eigenvalue weighted by Gasteiger charge is 2.15. The molecule has 3 aromatic carbocycles. The van der Waals surface area contributed by atoms with Crippen molar-refractivity contribution in [3.8, 4) is 5.69 Å². The zero-order chi connectivity index (χ0) is 19.2. The maximum Gasteiger partial charge on any atom is 0.225 e. The maximum atomic E-state index is 5.64. The van der Waals surface area contributed by atoms with E-state index in [1.54, 1.807) is 4.68 Å². The molecule has 0 saturated carbocycles. The Bertz CT molecular complexity index is 1020. The summed E-state index contributed by atoms with van der Waals surface area (Å²) in [5.74, 6) is 0. The number of nitrogens with one attached hydrogen (secondary N) is 1. The number of quaternary nitrogens is 1. The standard InChI is InChI=1S/C22H21N5S/c28-22-26(23-24-27(22)21-14-8-3-9-15-21)18-25(16-19-10-4-1-5-11-19)17-20-12-6-2-7-13-20/h1-15H,16-18H2/p+1. The van der Waals surface area contributed by atoms with Gasteiger partial charge < -0.3 is 4.90 Å². The summed E-state index contributed by atoms with van der Waals surface area (Å²) < 4.78 is 4.12. The van der Waals surface area contributed by atoms with Gasteiger partial charge in [-0.15, -0.1) is 0 Å². The second-order valence-corrected chi connectivity index (χ2v) is 7.11. The van der Waals surface area contributed by atoms with E-state index in [1.807, 2.05) is 47.1 Å². The van der Waals surface area contributed by atoms with Crippen LogP contribution in [-0.4, -0.2) is 19.8 Å². The fraction of sp³-hybridized carbons (Fsp3) is 0.136. The molecule has 0 bridgehead atoms. The number of hydrogen-bond acceptors (Lipinski definition) is 3. The summed E-state index contributed by atoms with van der Waals surface area (Å²) in [4.78, 5) is 1.34. The molecule has 4 aromatic rings. The van der Waals surface area contributed by atoms with Gasteiger partial charge in [-0.2, -0.15) is 9.36 Å². The largest absolute Gasteiger partial charge is 0.309 e. The third kappa shape index (κ3) is 4.42. The van der Waals surface area contributed by atoms with Crippen molar-refractivity contribution in [3.63, 3.8) is 0 Å². The first-order valence-corrected chi connectivity index (χ1v) is 9.70. The second-order valence-electron chi connectivity index (χ2n) is 6.74. The normalized spacial score (nSPS) is 11.0. The minimum Gasteiger partial charge on any atom is -0.309 e. The summed E-state index contributed by atoms with van der Waals surface area (Å²) >= 11 is 5.64. The van der Waals surface area contributed by atoms with Crippen molar-refractivity contribution in [1.29, 1.82) is 0 Å². The van der Waals surface area contributed by atoms with Gasteiger partial charge in [-0.1, -0.05) is 78.9 Å². The molecule has 5 nitrogen and oxygen atoms in total. The van der Waals surface area contributed by atoms with E-state index in [9.17, 15) is 0 Å². The number of para-hydroxylation sites is 1. The number of rotatable bonds is 7. The minimum atomic E-state index is 0.602. The molecule has 0 radical (unpaired) electrons. The zero-order valence-corrected chi connectivity index (χ0v) is 16.3. The Labute approximate surface area is 169 Å². The molecule has 1 heterocycles. The second kappa shape index (κ2) is 8.73. The summed E-state index contributed by atoms with van der Waals surface area (Å²) in [6.45, 7) is 2.42. The van der Waals surface area contributed by atoms with Crippen molar-refractivity contribution >= 4 is 12.2 Å². The molecular weight excluding hydrogens is 366 g/mol. The first-order chi connectivity index (χ1) is 13.8. The highest BCUT2D eigenvalue weighted by atomic mass is 32.1. The lowest BCUT2D eigenvalue weighted by Crippen LogP contribution is -3.08. The van der Waals surface area contributed by atoms with Crippen molar-refractivity contribution in [1.82, 2.24) is 19.8 Å². The fourth-order valence-corrected chi connectivity index (χ4v) is 3.50. The molecule has 1 N–H and O–H groups in total. The van der Waals surface area contributed by atoms with Gasteiger partial charge in [-0.25, -0.2) is 0 Å². The topological polar surface area (TPSA) is 40.1 Å². The van der Waals surface area contributed by atoms with Gasteiger partial charge >= 0.3 is 0 Å². The van der Waals surface area contributed by atoms with Crippen molar-refractivity contribution < 1.29 is 4.90 Å². The number of tetrazole rings is 1. The molecule has 0 atom stereocenters. The summed E-state index contributed by atoms with van der Waals surface area (Å²) in [6, 6.07) is 30.9. The molecule has 1 aromatic heterocycles. The van der Waals surface area contributed by atoms with E-state index in [0.717, 1.165) is 18.8 Å². The monoisotopic (exact) mass is 388 g/mol. The Hall–Kier alpha value is -3.09. The Morgan fingerprint density at radius 1 is 0.679 bits per heavy atom. The average molecular weight is 389 g/mol. The Balaban J connectivity index is 1.58. The van der Waals surface area contributed by atoms with Crippen molar-refractivity contribution in [2.75, 3.05) is 0 Å². The molecule has 0 fully saturated rings. The molecule has 0 aliphatic carbocycles. The van der Waals surface area contributed by atoms with E-state index < -0.39 is 0 Å². The molecule has 6 heteroatoms. The van der Waals surface area contributed by atoms with Crippen LogP contribution in [0.2, 0.25) is 0 Å². The van der Waals surface area contributed by atoms with Crippen LogP contribution in [0.5, 0.6) is 0 Å². The molecule has 0 aliphatic heterocycles. The third-order valence-corrected chi connectivity index (χ3v) is 4.99. The molecule has 0 amide bonds. The van der Waals surface area contributed by atoms with Gasteiger partial charge in [0.2, 0.25) is 4.77 Å². The van der Waals surface area contributed by atoms with E-state index >= 15 is 0 Å². The molecule has 0 aliphatic rings. The Kier molecular flexibility index (Phi) is 5.70. The van der Waals surface area contributed by atoms with Crippen LogP contribution in [0.4, 0.5) is 0 Å². The number of nitrogens with zero attached hydrogens (tertiary/aromatic N) is 4. The van der Waals surface area contributed by atoms with Crippen LogP contribution in [0.1, 0.15) is 11.1 Å². The lowest BCUT2D eigenvalue weighted by Gasteiger charge is -2.19. The molecule has 28 heavy (non-hydrogen) atoms. The summed E-state index contributed by atoms with van der Waals surface area (Å²) in [5, 5.41) is 8.59. The van der Waals surface area contributed by atoms with Gasteiger partial charge in [0, 0.05) is 11.1 Å². The van der Waals surface area contributed by atoms with Gasteiger partial charge in [-0.3, -0.25) is 0 Å². The summed E-state index contributed by atoms with van der Waals surface area (Å²) in [7, 11) is 0. The van der Waals surface area contributed by atoms with Crippen LogP contribution in [0.25, 0.3) is 5.69 Å². The van der Waals surface area contributed by atoms with E-state index in [4.69, 9.17) is 12.2 Å². The predicted molar refractivity (Wildman–Crippen MR) is 111 cm³/mol. The van der Waals surface area contributed by atoms with Gasteiger partial charge in [0.15, 0.2) is 6.67 Å². The predicted octanol–water partition coefficient (Wildman–Crippen LogP) is 3.04. The van der Waals surface area contributed by atoms with E-state index in [-0.39, 0.29) is 0 Å². The lowest BCUT2D eigenvalue weighted by atomic mass is 10.2. The molecule has 0 saturated heterocycles. The van der Waals surface area contributed by atoms with Crippen LogP contribution >= 0.6 is 12.2 Å². The van der Waals surface area contributed by atoms with Crippen LogP contribution in [0.15, 0.2) is 91.0 Å². The highest BCUT2D eigenvalue weighted by Crippen LogP contribution is 2.05. The van der Waals surface area contributed by atoms with E-state index in [1.165, 1.54) is 16.0 Å². The summed E-state index contributed by atoms with van der Waals surface area (Å²) in [5.41, 5.74) is 3.50. The first-order valence-electron chi connectivity index (χ1n) is 9.29. The Morgan fingerprint density at radius 3 is 1.71 bits per heavy atom. The lowest BCUT2D eigenvalue weighted by molar-refractivity contribution is -0.950. The van der Waals surface area contributed by atoms with Crippen LogP contribution in [0.3, 0.4) is 0 Å². The third-order valence-electron chi connectivity index (χ3n) is 4.61. The Morgan fingerprint density at radius 2 is 1.18 bits per heavy atom. The summed E-state index contributed by atoms with van der Waals surface area (Å²) in [6.07, 6.45) is 0. The maximum absolute atomic E-state index is 5.64. The van der Waals surface area contributed by atoms with Crippen molar-refractivity contribution in [2.24, 2.45) is 0 Å². The van der Waals surface area contributed by atoms with Gasteiger partial charge in [-0.05, 0) is 34.8 Å². The van der Waals surface area contributed by atoms with Crippen molar-refractivity contribution in [3.05, 3.63) is 107 Å². The van der Waals surface area contributed by atoms with Gasteiger partial charge in [0.1, 0.15) is 13.1 Å². The van der Waals surface area contributed by atoms with E-state index in [0.29, 0.717) is 11.4 Å². The molecule has 0 unspecified atom stereocenters. The van der Waals surface area contributed by atoms with Crippen molar-refractivity contribution in [2.45, 2.75) is 19.8 Å². The van der Waals surface area contributed by atoms with Gasteiger partial charge in [0.05, 0.1) is 5.69 Å². The minimum absolute atomic E-state index is 0.602. The van der Waals surface area contributed by atoms with Crippen LogP contribution < -0.4 is 4.90 Å². The number of benzene rings is 3. The highest BCUT2D eigenvalue weighted by molar-refractivity contribution is 7.71. The first kappa shape index (κ1) is 18.3. The quantitative estimate of drug-likeness (QED) is 0.495. The molecule has 140 valence electrons. The van der Waals surface area contributed by atoms with Crippen LogP contribution in [-0.2, 0) is 19.8 Å². The smallest absolute Gasteiger partial charge is 0.225 e. The van der Waals surface area contributed by atoms with Gasteiger partial charge in [0.25, 0.3) is 0 Å². The number of aromatic nitrogens is 4.